The number of amides is 3. The first-order valence-electron chi connectivity index (χ1n) is 9.21. The minimum Gasteiger partial charge on any atom is -0.354 e. The van der Waals surface area contributed by atoms with E-state index in [0.717, 1.165) is 42.5 Å². The van der Waals surface area contributed by atoms with Gasteiger partial charge in [-0.1, -0.05) is 42.5 Å². The summed E-state index contributed by atoms with van der Waals surface area (Å²) in [5, 5.41) is 5.89. The molecular formula is C21H23N3O2. The molecule has 0 aromatic heterocycles. The summed E-state index contributed by atoms with van der Waals surface area (Å²) in [5.41, 5.74) is 2.33. The van der Waals surface area contributed by atoms with E-state index in [1.165, 1.54) is 0 Å². The SMILES string of the molecule is O=C(Nc1ccc(-c2ccccc2)cc1)N1CCCC12CCCNC2=O. The molecule has 0 aliphatic carbocycles. The Morgan fingerprint density at radius 2 is 1.65 bits per heavy atom. The standard InChI is InChI=1S/C21H23N3O2/c25-19-21(12-4-14-22-19)13-5-15-24(21)20(26)23-18-10-8-17(9-11-18)16-6-2-1-3-7-16/h1-3,6-11H,4-5,12-15H2,(H,22,25)(H,23,26). The van der Waals surface area contributed by atoms with Crippen molar-refractivity contribution in [1.29, 1.82) is 0 Å². The fourth-order valence-electron chi connectivity index (χ4n) is 4.10. The average Bonchev–Trinajstić information content (AvgIpc) is 3.10. The highest BCUT2D eigenvalue weighted by molar-refractivity contribution is 5.97. The van der Waals surface area contributed by atoms with E-state index < -0.39 is 5.54 Å². The van der Waals surface area contributed by atoms with Gasteiger partial charge in [-0.2, -0.15) is 0 Å². The fraction of sp³-hybridized carbons (Fsp3) is 0.333. The summed E-state index contributed by atoms with van der Waals surface area (Å²) >= 11 is 0. The second-order valence-corrected chi connectivity index (χ2v) is 7.02. The number of hydrogen-bond acceptors (Lipinski definition) is 2. The summed E-state index contributed by atoms with van der Waals surface area (Å²) in [6.07, 6.45) is 3.29. The van der Waals surface area contributed by atoms with E-state index in [-0.39, 0.29) is 11.9 Å². The lowest BCUT2D eigenvalue weighted by Gasteiger charge is -2.39. The van der Waals surface area contributed by atoms with E-state index in [1.807, 2.05) is 42.5 Å². The van der Waals surface area contributed by atoms with Gasteiger partial charge in [0.05, 0.1) is 0 Å². The van der Waals surface area contributed by atoms with Crippen molar-refractivity contribution in [1.82, 2.24) is 10.2 Å². The van der Waals surface area contributed by atoms with Crippen LogP contribution in [0.25, 0.3) is 11.1 Å². The van der Waals surface area contributed by atoms with Crippen LogP contribution < -0.4 is 10.6 Å². The molecule has 2 saturated heterocycles. The van der Waals surface area contributed by atoms with Crippen molar-refractivity contribution in [3.8, 4) is 11.1 Å². The first-order valence-corrected chi connectivity index (χ1v) is 9.21. The summed E-state index contributed by atoms with van der Waals surface area (Å²) < 4.78 is 0. The van der Waals surface area contributed by atoms with Crippen LogP contribution in [-0.2, 0) is 4.79 Å². The summed E-state index contributed by atoms with van der Waals surface area (Å²) in [5.74, 6) is -0.00387. The van der Waals surface area contributed by atoms with Crippen molar-refractivity contribution in [3.05, 3.63) is 54.6 Å². The molecule has 134 valence electrons. The van der Waals surface area contributed by atoms with Crippen LogP contribution in [0.5, 0.6) is 0 Å². The van der Waals surface area contributed by atoms with Gasteiger partial charge in [0.1, 0.15) is 5.54 Å². The van der Waals surface area contributed by atoms with Crippen molar-refractivity contribution in [3.63, 3.8) is 0 Å². The maximum Gasteiger partial charge on any atom is 0.322 e. The van der Waals surface area contributed by atoms with Crippen molar-refractivity contribution in [2.45, 2.75) is 31.2 Å². The summed E-state index contributed by atoms with van der Waals surface area (Å²) in [7, 11) is 0. The molecule has 26 heavy (non-hydrogen) atoms. The van der Waals surface area contributed by atoms with Crippen molar-refractivity contribution in [2.24, 2.45) is 0 Å². The normalized spacial score (nSPS) is 22.3. The lowest BCUT2D eigenvalue weighted by Crippen LogP contribution is -2.60. The number of nitrogens with one attached hydrogen (secondary N) is 2. The Morgan fingerprint density at radius 1 is 0.962 bits per heavy atom. The molecule has 5 heteroatoms. The number of piperidine rings is 1. The predicted molar refractivity (Wildman–Crippen MR) is 102 cm³/mol. The Hall–Kier alpha value is -2.82. The highest BCUT2D eigenvalue weighted by Gasteiger charge is 2.50. The number of benzene rings is 2. The maximum absolute atomic E-state index is 12.8. The predicted octanol–water partition coefficient (Wildman–Crippen LogP) is 3.63. The average molecular weight is 349 g/mol. The fourth-order valence-corrected chi connectivity index (χ4v) is 4.10. The topological polar surface area (TPSA) is 61.4 Å². The monoisotopic (exact) mass is 349 g/mol. The van der Waals surface area contributed by atoms with E-state index >= 15 is 0 Å². The Labute approximate surface area is 153 Å². The minimum absolute atomic E-state index is 0.00387. The van der Waals surface area contributed by atoms with Gasteiger partial charge in [0.15, 0.2) is 0 Å². The number of likely N-dealkylation sites (tertiary alicyclic amines) is 1. The van der Waals surface area contributed by atoms with Crippen LogP contribution in [0.4, 0.5) is 10.5 Å². The van der Waals surface area contributed by atoms with Crippen LogP contribution in [0.1, 0.15) is 25.7 Å². The molecule has 2 aromatic carbocycles. The zero-order valence-corrected chi connectivity index (χ0v) is 14.7. The highest BCUT2D eigenvalue weighted by Crippen LogP contribution is 2.36. The number of nitrogens with zero attached hydrogens (tertiary/aromatic N) is 1. The lowest BCUT2D eigenvalue weighted by atomic mass is 9.86. The van der Waals surface area contributed by atoms with Crippen LogP contribution >= 0.6 is 0 Å². The Balaban J connectivity index is 1.48. The number of urea groups is 1. The molecule has 2 aliphatic rings. The molecule has 4 rings (SSSR count). The van der Waals surface area contributed by atoms with Gasteiger partial charge in [0, 0.05) is 18.8 Å². The largest absolute Gasteiger partial charge is 0.354 e. The van der Waals surface area contributed by atoms with Gasteiger partial charge in [-0.25, -0.2) is 4.79 Å². The summed E-state index contributed by atoms with van der Waals surface area (Å²) in [4.78, 5) is 27.0. The van der Waals surface area contributed by atoms with Crippen LogP contribution in [0.2, 0.25) is 0 Å². The Bertz CT molecular complexity index is 804. The molecule has 2 aromatic rings. The molecule has 3 amide bonds. The third kappa shape index (κ3) is 2.94. The van der Waals surface area contributed by atoms with Crippen LogP contribution in [0.15, 0.2) is 54.6 Å². The van der Waals surface area contributed by atoms with Crippen LogP contribution in [-0.4, -0.2) is 35.5 Å². The molecule has 2 aliphatic heterocycles. The molecule has 1 atom stereocenters. The molecule has 0 bridgehead atoms. The van der Waals surface area contributed by atoms with Crippen molar-refractivity contribution >= 4 is 17.6 Å². The van der Waals surface area contributed by atoms with E-state index in [9.17, 15) is 9.59 Å². The smallest absolute Gasteiger partial charge is 0.322 e. The molecule has 1 spiro atoms. The third-order valence-electron chi connectivity index (χ3n) is 5.45. The first-order chi connectivity index (χ1) is 12.7. The first kappa shape index (κ1) is 16.6. The summed E-state index contributed by atoms with van der Waals surface area (Å²) in [6.45, 7) is 1.33. The molecule has 1 unspecified atom stereocenters. The van der Waals surface area contributed by atoms with Crippen molar-refractivity contribution in [2.75, 3.05) is 18.4 Å². The van der Waals surface area contributed by atoms with Crippen LogP contribution in [0, 0.1) is 0 Å². The maximum atomic E-state index is 12.8. The number of carbonyl (C=O) groups excluding carboxylic acids is 2. The van der Waals surface area contributed by atoms with E-state index in [1.54, 1.807) is 4.90 Å². The number of anilines is 1. The van der Waals surface area contributed by atoms with Crippen molar-refractivity contribution < 1.29 is 9.59 Å². The molecule has 0 saturated carbocycles. The molecule has 2 N–H and O–H groups in total. The highest BCUT2D eigenvalue weighted by atomic mass is 16.2. The van der Waals surface area contributed by atoms with E-state index in [4.69, 9.17) is 0 Å². The Kier molecular flexibility index (Phi) is 4.37. The molecular weight excluding hydrogens is 326 g/mol. The van der Waals surface area contributed by atoms with Gasteiger partial charge >= 0.3 is 6.03 Å². The van der Waals surface area contributed by atoms with Gasteiger partial charge in [0.25, 0.3) is 0 Å². The zero-order chi connectivity index (χ0) is 18.0. The number of carbonyl (C=O) groups is 2. The molecule has 2 fully saturated rings. The molecule has 5 nitrogen and oxygen atoms in total. The van der Waals surface area contributed by atoms with Crippen LogP contribution in [0.3, 0.4) is 0 Å². The van der Waals surface area contributed by atoms with E-state index in [2.05, 4.69) is 22.8 Å². The quantitative estimate of drug-likeness (QED) is 0.870. The number of hydrogen-bond donors (Lipinski definition) is 2. The van der Waals surface area contributed by atoms with Gasteiger partial charge in [0.2, 0.25) is 5.91 Å². The second-order valence-electron chi connectivity index (χ2n) is 7.02. The van der Waals surface area contributed by atoms with Gasteiger partial charge in [-0.15, -0.1) is 0 Å². The lowest BCUT2D eigenvalue weighted by molar-refractivity contribution is -0.132. The molecule has 0 radical (unpaired) electrons. The summed E-state index contributed by atoms with van der Waals surface area (Å²) in [6, 6.07) is 17.7. The van der Waals surface area contributed by atoms with E-state index in [0.29, 0.717) is 13.1 Å². The van der Waals surface area contributed by atoms with Gasteiger partial charge < -0.3 is 15.5 Å². The zero-order valence-electron chi connectivity index (χ0n) is 14.7. The number of rotatable bonds is 2. The van der Waals surface area contributed by atoms with Gasteiger partial charge in [-0.3, -0.25) is 4.79 Å². The van der Waals surface area contributed by atoms with Gasteiger partial charge in [-0.05, 0) is 48.9 Å². The minimum atomic E-state index is -0.660. The molecule has 2 heterocycles. The second kappa shape index (κ2) is 6.83. The third-order valence-corrected chi connectivity index (χ3v) is 5.45. The Morgan fingerprint density at radius 3 is 2.38 bits per heavy atom.